The van der Waals surface area contributed by atoms with Crippen LogP contribution in [0.1, 0.15) is 38.7 Å². The molecule has 0 spiro atoms. The second-order valence-electron chi connectivity index (χ2n) is 4.32. The van der Waals surface area contributed by atoms with E-state index in [0.29, 0.717) is 6.04 Å². The molecule has 0 heterocycles. The average Bonchev–Trinajstić information content (AvgIpc) is 2.30. The maximum absolute atomic E-state index is 6.15. The highest BCUT2D eigenvalue weighted by Crippen LogP contribution is 2.22. The minimum atomic E-state index is 0.583. The Balaban J connectivity index is 2.55. The molecular weight excluding hydrogens is 253 g/mol. The van der Waals surface area contributed by atoms with Gasteiger partial charge in [-0.25, -0.2) is 0 Å². The summed E-state index contributed by atoms with van der Waals surface area (Å²) in [5.74, 6) is 0. The third kappa shape index (κ3) is 5.29. The number of nitrogens with one attached hydrogen (secondary N) is 1. The largest absolute Gasteiger partial charge is 0.314 e. The molecule has 1 atom stereocenters. The zero-order valence-corrected chi connectivity index (χ0v) is 12.1. The summed E-state index contributed by atoms with van der Waals surface area (Å²) in [6, 6.07) is 6.27. The molecule has 0 amide bonds. The molecule has 0 saturated heterocycles. The Morgan fingerprint density at radius 1 is 1.18 bits per heavy atom. The van der Waals surface area contributed by atoms with Crippen molar-refractivity contribution < 1.29 is 0 Å². The van der Waals surface area contributed by atoms with Crippen molar-refractivity contribution in [2.24, 2.45) is 0 Å². The molecule has 1 N–H and O–H groups in total. The van der Waals surface area contributed by atoms with Gasteiger partial charge in [0.1, 0.15) is 0 Å². The van der Waals surface area contributed by atoms with Gasteiger partial charge in [0.25, 0.3) is 0 Å². The van der Waals surface area contributed by atoms with Gasteiger partial charge in [-0.2, -0.15) is 0 Å². The normalized spacial score (nSPS) is 12.7. The van der Waals surface area contributed by atoms with Crippen molar-refractivity contribution in [3.8, 4) is 0 Å². The molecule has 3 heteroatoms. The molecule has 0 fully saturated rings. The lowest BCUT2D eigenvalue weighted by atomic mass is 10.0. The Morgan fingerprint density at radius 2 is 1.94 bits per heavy atom. The molecule has 0 bridgehead atoms. The minimum absolute atomic E-state index is 0.583. The standard InChI is InChI=1S/C14H21Cl2N/c1-3-5-13(17-4-2)8-6-11-10-12(15)7-9-14(11)16/h7,9-10,13,17H,3-6,8H2,1-2H3. The molecule has 0 saturated carbocycles. The Kier molecular flexibility index (Phi) is 6.94. The summed E-state index contributed by atoms with van der Waals surface area (Å²) in [6.45, 7) is 5.39. The second-order valence-corrected chi connectivity index (χ2v) is 5.16. The van der Waals surface area contributed by atoms with E-state index in [2.05, 4.69) is 19.2 Å². The number of hydrogen-bond acceptors (Lipinski definition) is 1. The van der Waals surface area contributed by atoms with Crippen molar-refractivity contribution in [2.45, 2.75) is 45.6 Å². The predicted molar refractivity (Wildman–Crippen MR) is 77.2 cm³/mol. The third-order valence-corrected chi connectivity index (χ3v) is 3.50. The van der Waals surface area contributed by atoms with Crippen LogP contribution in [0.5, 0.6) is 0 Å². The van der Waals surface area contributed by atoms with E-state index in [9.17, 15) is 0 Å². The van der Waals surface area contributed by atoms with Gasteiger partial charge in [0.2, 0.25) is 0 Å². The van der Waals surface area contributed by atoms with Crippen LogP contribution in [0.15, 0.2) is 18.2 Å². The first-order valence-corrected chi connectivity index (χ1v) is 7.10. The van der Waals surface area contributed by atoms with Crippen molar-refractivity contribution in [2.75, 3.05) is 6.54 Å². The lowest BCUT2D eigenvalue weighted by molar-refractivity contribution is 0.460. The quantitative estimate of drug-likeness (QED) is 0.759. The highest BCUT2D eigenvalue weighted by atomic mass is 35.5. The van der Waals surface area contributed by atoms with Crippen molar-refractivity contribution in [3.05, 3.63) is 33.8 Å². The van der Waals surface area contributed by atoms with E-state index in [0.717, 1.165) is 35.0 Å². The SMILES string of the molecule is CCCC(CCc1cc(Cl)ccc1Cl)NCC. The lowest BCUT2D eigenvalue weighted by Gasteiger charge is -2.17. The highest BCUT2D eigenvalue weighted by molar-refractivity contribution is 6.33. The molecule has 0 aliphatic rings. The second kappa shape index (κ2) is 7.97. The molecule has 1 aromatic rings. The Morgan fingerprint density at radius 3 is 2.59 bits per heavy atom. The van der Waals surface area contributed by atoms with Gasteiger partial charge in [0.05, 0.1) is 0 Å². The number of benzene rings is 1. The lowest BCUT2D eigenvalue weighted by Crippen LogP contribution is -2.29. The van der Waals surface area contributed by atoms with E-state index in [1.165, 1.54) is 12.8 Å². The van der Waals surface area contributed by atoms with Crippen molar-refractivity contribution in [1.82, 2.24) is 5.32 Å². The predicted octanol–water partition coefficient (Wildman–Crippen LogP) is 4.70. The Hall–Kier alpha value is -0.240. The van der Waals surface area contributed by atoms with E-state index in [1.807, 2.05) is 18.2 Å². The topological polar surface area (TPSA) is 12.0 Å². The average molecular weight is 274 g/mol. The molecule has 96 valence electrons. The first kappa shape index (κ1) is 14.8. The first-order valence-electron chi connectivity index (χ1n) is 6.34. The number of halogens is 2. The van der Waals surface area contributed by atoms with E-state index in [4.69, 9.17) is 23.2 Å². The molecule has 1 nitrogen and oxygen atoms in total. The zero-order chi connectivity index (χ0) is 12.7. The summed E-state index contributed by atoms with van der Waals surface area (Å²) in [7, 11) is 0. The maximum atomic E-state index is 6.15. The molecule has 0 aliphatic heterocycles. The summed E-state index contributed by atoms with van der Waals surface area (Å²) in [5, 5.41) is 5.10. The molecule has 1 aromatic carbocycles. The smallest absolute Gasteiger partial charge is 0.0439 e. The minimum Gasteiger partial charge on any atom is -0.314 e. The first-order chi connectivity index (χ1) is 8.17. The van der Waals surface area contributed by atoms with Crippen molar-refractivity contribution in [1.29, 1.82) is 0 Å². The summed E-state index contributed by atoms with van der Waals surface area (Å²) >= 11 is 12.1. The maximum Gasteiger partial charge on any atom is 0.0439 e. The van der Waals surface area contributed by atoms with Crippen molar-refractivity contribution in [3.63, 3.8) is 0 Å². The van der Waals surface area contributed by atoms with E-state index >= 15 is 0 Å². The van der Waals surface area contributed by atoms with Crippen LogP contribution >= 0.6 is 23.2 Å². The number of rotatable bonds is 7. The van der Waals surface area contributed by atoms with Gasteiger partial charge in [-0.1, -0.05) is 43.5 Å². The fraction of sp³-hybridized carbons (Fsp3) is 0.571. The van der Waals surface area contributed by atoms with Gasteiger partial charge in [0.15, 0.2) is 0 Å². The molecule has 0 radical (unpaired) electrons. The van der Waals surface area contributed by atoms with Gasteiger partial charge >= 0.3 is 0 Å². The van der Waals surface area contributed by atoms with Crippen LogP contribution in [0.4, 0.5) is 0 Å². The van der Waals surface area contributed by atoms with Gasteiger partial charge < -0.3 is 5.32 Å². The zero-order valence-electron chi connectivity index (χ0n) is 10.6. The molecule has 0 aromatic heterocycles. The summed E-state index contributed by atoms with van der Waals surface area (Å²) < 4.78 is 0. The summed E-state index contributed by atoms with van der Waals surface area (Å²) in [5.41, 5.74) is 1.15. The van der Waals surface area contributed by atoms with E-state index in [-0.39, 0.29) is 0 Å². The van der Waals surface area contributed by atoms with Gasteiger partial charge in [-0.3, -0.25) is 0 Å². The summed E-state index contributed by atoms with van der Waals surface area (Å²) in [6.07, 6.45) is 4.52. The molecule has 17 heavy (non-hydrogen) atoms. The highest BCUT2D eigenvalue weighted by Gasteiger charge is 2.08. The molecule has 1 rings (SSSR count). The van der Waals surface area contributed by atoms with Gasteiger partial charge in [0, 0.05) is 16.1 Å². The Labute approximate surface area is 115 Å². The number of aryl methyl sites for hydroxylation is 1. The van der Waals surface area contributed by atoms with Crippen LogP contribution in [0.3, 0.4) is 0 Å². The molecular formula is C14H21Cl2N. The fourth-order valence-electron chi connectivity index (χ4n) is 2.05. The van der Waals surface area contributed by atoms with E-state index in [1.54, 1.807) is 0 Å². The van der Waals surface area contributed by atoms with Crippen LogP contribution in [-0.2, 0) is 6.42 Å². The van der Waals surface area contributed by atoms with Gasteiger partial charge in [-0.15, -0.1) is 0 Å². The molecule has 1 unspecified atom stereocenters. The van der Waals surface area contributed by atoms with Gasteiger partial charge in [-0.05, 0) is 49.6 Å². The third-order valence-electron chi connectivity index (χ3n) is 2.90. The monoisotopic (exact) mass is 273 g/mol. The van der Waals surface area contributed by atoms with Crippen LogP contribution in [0.25, 0.3) is 0 Å². The van der Waals surface area contributed by atoms with Crippen LogP contribution < -0.4 is 5.32 Å². The van der Waals surface area contributed by atoms with Crippen LogP contribution in [0, 0.1) is 0 Å². The van der Waals surface area contributed by atoms with E-state index < -0.39 is 0 Å². The van der Waals surface area contributed by atoms with Crippen molar-refractivity contribution >= 4 is 23.2 Å². The molecule has 0 aliphatic carbocycles. The summed E-state index contributed by atoms with van der Waals surface area (Å²) in [4.78, 5) is 0. The Bertz CT molecular complexity index is 333. The fourth-order valence-corrected chi connectivity index (χ4v) is 2.46. The number of hydrogen-bond donors (Lipinski definition) is 1. The van der Waals surface area contributed by atoms with Crippen LogP contribution in [-0.4, -0.2) is 12.6 Å². The van der Waals surface area contributed by atoms with Crippen LogP contribution in [0.2, 0.25) is 10.0 Å².